The van der Waals surface area contributed by atoms with Gasteiger partial charge in [-0.15, -0.1) is 0 Å². The Balaban J connectivity index is 2.34. The molecule has 0 unspecified atom stereocenters. The average Bonchev–Trinajstić information content (AvgIpc) is 2.67. The number of fused-ring (bicyclic) bond motifs is 1. The van der Waals surface area contributed by atoms with E-state index < -0.39 is 0 Å². The number of aromatic nitrogens is 1. The number of benzene rings is 1. The molecule has 16 heavy (non-hydrogen) atoms. The molecule has 0 aliphatic rings. The summed E-state index contributed by atoms with van der Waals surface area (Å²) in [6, 6.07) is 6.28. The normalized spacial score (nSPS) is 10.8. The van der Waals surface area contributed by atoms with E-state index in [-0.39, 0.29) is 0 Å². The van der Waals surface area contributed by atoms with Crippen LogP contribution in [0, 0.1) is 6.92 Å². The van der Waals surface area contributed by atoms with Crippen LogP contribution < -0.4 is 0 Å². The third kappa shape index (κ3) is 2.07. The van der Waals surface area contributed by atoms with E-state index in [0.717, 1.165) is 11.1 Å². The van der Waals surface area contributed by atoms with Gasteiger partial charge in [-0.2, -0.15) is 0 Å². The number of aromatic amines is 1. The SMILES string of the molecule is Cc1ccc2[nH]cc(C=CCN=[N+]=[N-])c2c1. The molecule has 4 nitrogen and oxygen atoms in total. The first-order valence-electron chi connectivity index (χ1n) is 5.06. The number of hydrogen-bond donors (Lipinski definition) is 1. The van der Waals surface area contributed by atoms with E-state index in [1.165, 1.54) is 10.9 Å². The molecule has 0 amide bonds. The van der Waals surface area contributed by atoms with Gasteiger partial charge in [-0.3, -0.25) is 0 Å². The highest BCUT2D eigenvalue weighted by molar-refractivity contribution is 5.89. The van der Waals surface area contributed by atoms with Crippen LogP contribution in [0.25, 0.3) is 27.4 Å². The van der Waals surface area contributed by atoms with Crippen LogP contribution in [0.5, 0.6) is 0 Å². The predicted molar refractivity (Wildman–Crippen MR) is 66.1 cm³/mol. The Kier molecular flexibility index (Phi) is 2.94. The van der Waals surface area contributed by atoms with Crippen molar-refractivity contribution in [3.63, 3.8) is 0 Å². The van der Waals surface area contributed by atoms with Gasteiger partial charge < -0.3 is 4.98 Å². The summed E-state index contributed by atoms with van der Waals surface area (Å²) in [5.74, 6) is 0. The van der Waals surface area contributed by atoms with Crippen molar-refractivity contribution in [3.8, 4) is 0 Å². The number of azide groups is 1. The summed E-state index contributed by atoms with van der Waals surface area (Å²) in [6.45, 7) is 2.45. The molecule has 1 heterocycles. The molecule has 0 atom stereocenters. The van der Waals surface area contributed by atoms with Gasteiger partial charge in [0.05, 0.1) is 0 Å². The van der Waals surface area contributed by atoms with Crippen LogP contribution >= 0.6 is 0 Å². The fourth-order valence-corrected chi connectivity index (χ4v) is 1.66. The number of nitrogens with one attached hydrogen (secondary N) is 1. The maximum atomic E-state index is 8.15. The number of aryl methyl sites for hydroxylation is 1. The largest absolute Gasteiger partial charge is 0.361 e. The Labute approximate surface area is 93.2 Å². The molecule has 0 spiro atoms. The molecule has 0 saturated heterocycles. The van der Waals surface area contributed by atoms with E-state index in [0.29, 0.717) is 6.54 Å². The van der Waals surface area contributed by atoms with E-state index in [2.05, 4.69) is 40.1 Å². The van der Waals surface area contributed by atoms with Gasteiger partial charge in [0.2, 0.25) is 0 Å². The molecule has 0 saturated carbocycles. The Morgan fingerprint density at radius 1 is 1.50 bits per heavy atom. The summed E-state index contributed by atoms with van der Waals surface area (Å²) in [7, 11) is 0. The van der Waals surface area contributed by atoms with Crippen LogP contribution in [0.4, 0.5) is 0 Å². The molecule has 80 valence electrons. The van der Waals surface area contributed by atoms with Gasteiger partial charge in [0.25, 0.3) is 0 Å². The highest BCUT2D eigenvalue weighted by Crippen LogP contribution is 2.20. The number of H-pyrrole nitrogens is 1. The maximum absolute atomic E-state index is 8.15. The van der Waals surface area contributed by atoms with Crippen molar-refractivity contribution in [2.45, 2.75) is 6.92 Å². The molecule has 0 fully saturated rings. The van der Waals surface area contributed by atoms with Gasteiger partial charge in [-0.05, 0) is 30.2 Å². The van der Waals surface area contributed by atoms with E-state index in [1.807, 2.05) is 18.3 Å². The third-order valence-corrected chi connectivity index (χ3v) is 2.42. The summed E-state index contributed by atoms with van der Waals surface area (Å²) in [6.07, 6.45) is 5.77. The lowest BCUT2D eigenvalue weighted by Gasteiger charge is -1.94. The molecular weight excluding hydrogens is 200 g/mol. The minimum Gasteiger partial charge on any atom is -0.361 e. The van der Waals surface area contributed by atoms with E-state index in [9.17, 15) is 0 Å². The summed E-state index contributed by atoms with van der Waals surface area (Å²) < 4.78 is 0. The van der Waals surface area contributed by atoms with Gasteiger partial charge in [-0.1, -0.05) is 28.9 Å². The topological polar surface area (TPSA) is 64.5 Å². The molecule has 2 rings (SSSR count). The second-order valence-corrected chi connectivity index (χ2v) is 3.61. The van der Waals surface area contributed by atoms with Crippen molar-refractivity contribution in [1.29, 1.82) is 0 Å². The fourth-order valence-electron chi connectivity index (χ4n) is 1.66. The first-order valence-corrected chi connectivity index (χ1v) is 5.06. The Morgan fingerprint density at radius 3 is 3.19 bits per heavy atom. The van der Waals surface area contributed by atoms with E-state index >= 15 is 0 Å². The first-order chi connectivity index (χ1) is 7.81. The van der Waals surface area contributed by atoms with Gasteiger partial charge in [-0.25, -0.2) is 0 Å². The quantitative estimate of drug-likeness (QED) is 0.457. The zero-order valence-corrected chi connectivity index (χ0v) is 9.01. The zero-order chi connectivity index (χ0) is 11.4. The van der Waals surface area contributed by atoms with Gasteiger partial charge >= 0.3 is 0 Å². The number of rotatable bonds is 3. The van der Waals surface area contributed by atoms with Crippen molar-refractivity contribution in [2.24, 2.45) is 5.11 Å². The molecule has 2 aromatic rings. The van der Waals surface area contributed by atoms with Crippen molar-refractivity contribution in [3.05, 3.63) is 52.0 Å². The summed E-state index contributed by atoms with van der Waals surface area (Å²) in [5.41, 5.74) is 11.6. The highest BCUT2D eigenvalue weighted by Gasteiger charge is 1.99. The van der Waals surface area contributed by atoms with Crippen LogP contribution in [0.15, 0.2) is 35.6 Å². The maximum Gasteiger partial charge on any atom is 0.0460 e. The van der Waals surface area contributed by atoms with Crippen LogP contribution in [0.3, 0.4) is 0 Å². The van der Waals surface area contributed by atoms with Crippen LogP contribution in [-0.4, -0.2) is 11.5 Å². The Morgan fingerprint density at radius 2 is 2.38 bits per heavy atom. The van der Waals surface area contributed by atoms with Crippen molar-refractivity contribution in [2.75, 3.05) is 6.54 Å². The lowest BCUT2D eigenvalue weighted by Crippen LogP contribution is -1.74. The van der Waals surface area contributed by atoms with Crippen molar-refractivity contribution >= 4 is 17.0 Å². The second-order valence-electron chi connectivity index (χ2n) is 3.61. The summed E-state index contributed by atoms with van der Waals surface area (Å²) in [5, 5.41) is 4.64. The molecule has 1 aromatic heterocycles. The smallest absolute Gasteiger partial charge is 0.0460 e. The van der Waals surface area contributed by atoms with Crippen molar-refractivity contribution in [1.82, 2.24) is 4.98 Å². The lowest BCUT2D eigenvalue weighted by atomic mass is 10.1. The van der Waals surface area contributed by atoms with E-state index in [1.54, 1.807) is 0 Å². The Hall–Kier alpha value is -2.19. The second kappa shape index (κ2) is 4.55. The van der Waals surface area contributed by atoms with Gasteiger partial charge in [0.1, 0.15) is 0 Å². The van der Waals surface area contributed by atoms with Gasteiger partial charge in [0, 0.05) is 28.6 Å². The molecule has 0 aliphatic heterocycles. The van der Waals surface area contributed by atoms with Crippen molar-refractivity contribution < 1.29 is 0 Å². The highest BCUT2D eigenvalue weighted by atomic mass is 15.1. The molecular formula is C12H12N4. The van der Waals surface area contributed by atoms with Crippen LogP contribution in [-0.2, 0) is 0 Å². The predicted octanol–water partition coefficient (Wildman–Crippen LogP) is 3.80. The van der Waals surface area contributed by atoms with E-state index in [4.69, 9.17) is 5.53 Å². The molecule has 4 heteroatoms. The standard InChI is InChI=1S/C12H12N4/c1-9-4-5-12-11(7-9)10(8-14-12)3-2-6-15-16-13/h2-5,7-8,14H,6H2,1H3. The molecule has 1 N–H and O–H groups in total. The fraction of sp³-hybridized carbons (Fsp3) is 0.167. The molecule has 1 aromatic carbocycles. The first kappa shape index (κ1) is 10.3. The summed E-state index contributed by atoms with van der Waals surface area (Å²) >= 11 is 0. The molecule has 0 aliphatic carbocycles. The van der Waals surface area contributed by atoms with Gasteiger partial charge in [0.15, 0.2) is 0 Å². The Bertz CT molecular complexity index is 574. The summed E-state index contributed by atoms with van der Waals surface area (Å²) in [4.78, 5) is 5.90. The number of hydrogen-bond acceptors (Lipinski definition) is 1. The van der Waals surface area contributed by atoms with Crippen LogP contribution in [0.1, 0.15) is 11.1 Å². The average molecular weight is 212 g/mol. The monoisotopic (exact) mass is 212 g/mol. The lowest BCUT2D eigenvalue weighted by molar-refractivity contribution is 1.22. The minimum absolute atomic E-state index is 0.384. The van der Waals surface area contributed by atoms with Crippen LogP contribution in [0.2, 0.25) is 0 Å². The minimum atomic E-state index is 0.384. The number of nitrogens with zero attached hydrogens (tertiary/aromatic N) is 3. The third-order valence-electron chi connectivity index (χ3n) is 2.42. The molecule has 0 bridgehead atoms. The molecule has 0 radical (unpaired) electrons. The zero-order valence-electron chi connectivity index (χ0n) is 9.01.